The van der Waals surface area contributed by atoms with Crippen LogP contribution in [-0.4, -0.2) is 21.2 Å². The van der Waals surface area contributed by atoms with Crippen molar-refractivity contribution in [1.82, 2.24) is 9.55 Å². The topological polar surface area (TPSA) is 60.9 Å². The molecule has 3 rings (SSSR count). The summed E-state index contributed by atoms with van der Waals surface area (Å²) in [5.41, 5.74) is 9.33. The smallest absolute Gasteiger partial charge is 0.227 e. The quantitative estimate of drug-likeness (QED) is 0.700. The highest BCUT2D eigenvalue weighted by atomic mass is 35.5. The van der Waals surface area contributed by atoms with Crippen molar-refractivity contribution in [2.45, 2.75) is 12.1 Å². The first-order valence-corrected chi connectivity index (χ1v) is 8.73. The Bertz CT molecular complexity index is 874. The number of thioether (sulfide) groups is 1. The number of halogens is 1. The number of amides is 1. The SMILES string of the molecule is Cc1ccc(-c2cnc(SCC(N)=O)n2-c2cccc(Cl)c2)cc1. The molecule has 0 saturated carbocycles. The minimum absolute atomic E-state index is 0.172. The van der Waals surface area contributed by atoms with Gasteiger partial charge >= 0.3 is 0 Å². The first-order chi connectivity index (χ1) is 11.5. The maximum atomic E-state index is 11.1. The van der Waals surface area contributed by atoms with Crippen LogP contribution in [0.15, 0.2) is 59.9 Å². The average Bonchev–Trinajstić information content (AvgIpc) is 2.97. The standard InChI is InChI=1S/C18H16ClN3OS/c1-12-5-7-13(8-6-12)16-10-21-18(24-11-17(20)23)22(16)15-4-2-3-14(19)9-15/h2-10H,11H2,1H3,(H2,20,23). The van der Waals surface area contributed by atoms with Crippen LogP contribution in [0.3, 0.4) is 0 Å². The van der Waals surface area contributed by atoms with Crippen molar-refractivity contribution in [3.63, 3.8) is 0 Å². The number of primary amides is 1. The fraction of sp³-hybridized carbons (Fsp3) is 0.111. The monoisotopic (exact) mass is 357 g/mol. The number of nitrogens with zero attached hydrogens (tertiary/aromatic N) is 2. The zero-order valence-electron chi connectivity index (χ0n) is 13.1. The lowest BCUT2D eigenvalue weighted by Crippen LogP contribution is -2.13. The van der Waals surface area contributed by atoms with E-state index < -0.39 is 0 Å². The second-order valence-corrected chi connectivity index (χ2v) is 6.74. The number of aryl methyl sites for hydroxylation is 1. The molecule has 0 unspecified atom stereocenters. The summed E-state index contributed by atoms with van der Waals surface area (Å²) in [5.74, 6) is -0.206. The highest BCUT2D eigenvalue weighted by Gasteiger charge is 2.15. The van der Waals surface area contributed by atoms with Crippen LogP contribution in [-0.2, 0) is 4.79 Å². The summed E-state index contributed by atoms with van der Waals surface area (Å²) >= 11 is 7.45. The lowest BCUT2D eigenvalue weighted by Gasteiger charge is -2.12. The number of benzene rings is 2. The summed E-state index contributed by atoms with van der Waals surface area (Å²) in [7, 11) is 0. The predicted molar refractivity (Wildman–Crippen MR) is 98.7 cm³/mol. The number of aromatic nitrogens is 2. The van der Waals surface area contributed by atoms with Crippen molar-refractivity contribution < 1.29 is 4.79 Å². The molecule has 2 N–H and O–H groups in total. The Balaban J connectivity index is 2.12. The molecule has 122 valence electrons. The van der Waals surface area contributed by atoms with Gasteiger partial charge in [0.25, 0.3) is 0 Å². The first-order valence-electron chi connectivity index (χ1n) is 7.36. The van der Waals surface area contributed by atoms with E-state index in [1.807, 2.05) is 35.8 Å². The third-order valence-corrected chi connectivity index (χ3v) is 4.70. The number of nitrogens with two attached hydrogens (primary N) is 1. The van der Waals surface area contributed by atoms with Crippen molar-refractivity contribution in [2.75, 3.05) is 5.75 Å². The minimum Gasteiger partial charge on any atom is -0.369 e. The van der Waals surface area contributed by atoms with Crippen LogP contribution in [0.25, 0.3) is 16.9 Å². The van der Waals surface area contributed by atoms with Crippen LogP contribution in [0.2, 0.25) is 5.02 Å². The molecule has 24 heavy (non-hydrogen) atoms. The van der Waals surface area contributed by atoms with Crippen LogP contribution >= 0.6 is 23.4 Å². The highest BCUT2D eigenvalue weighted by Crippen LogP contribution is 2.30. The van der Waals surface area contributed by atoms with Gasteiger partial charge in [-0.1, -0.05) is 59.3 Å². The Morgan fingerprint density at radius 2 is 2.00 bits per heavy atom. The molecule has 0 spiro atoms. The zero-order chi connectivity index (χ0) is 17.1. The molecular weight excluding hydrogens is 342 g/mol. The van der Waals surface area contributed by atoms with Gasteiger partial charge in [-0.25, -0.2) is 4.98 Å². The van der Waals surface area contributed by atoms with Gasteiger partial charge in [0.2, 0.25) is 5.91 Å². The van der Waals surface area contributed by atoms with Gasteiger partial charge in [0.1, 0.15) is 0 Å². The normalized spacial score (nSPS) is 10.8. The van der Waals surface area contributed by atoms with Gasteiger partial charge in [0, 0.05) is 16.3 Å². The van der Waals surface area contributed by atoms with E-state index in [-0.39, 0.29) is 11.7 Å². The van der Waals surface area contributed by atoms with Gasteiger partial charge in [-0.05, 0) is 25.1 Å². The fourth-order valence-corrected chi connectivity index (χ4v) is 3.28. The number of hydrogen-bond acceptors (Lipinski definition) is 3. The van der Waals surface area contributed by atoms with Crippen molar-refractivity contribution in [3.8, 4) is 16.9 Å². The van der Waals surface area contributed by atoms with E-state index >= 15 is 0 Å². The maximum absolute atomic E-state index is 11.1. The summed E-state index contributed by atoms with van der Waals surface area (Å²) in [6, 6.07) is 15.8. The van der Waals surface area contributed by atoms with E-state index in [9.17, 15) is 4.79 Å². The van der Waals surface area contributed by atoms with E-state index in [0.29, 0.717) is 10.2 Å². The van der Waals surface area contributed by atoms with Crippen molar-refractivity contribution >= 4 is 29.3 Å². The molecule has 0 aliphatic rings. The molecule has 1 heterocycles. The van der Waals surface area contributed by atoms with E-state index in [1.165, 1.54) is 17.3 Å². The van der Waals surface area contributed by atoms with Gasteiger partial charge in [-0.2, -0.15) is 0 Å². The molecule has 0 radical (unpaired) electrons. The summed E-state index contributed by atoms with van der Waals surface area (Å²) in [4.78, 5) is 15.6. The van der Waals surface area contributed by atoms with Gasteiger partial charge in [0.05, 0.1) is 17.6 Å². The highest BCUT2D eigenvalue weighted by molar-refractivity contribution is 7.99. The van der Waals surface area contributed by atoms with E-state index in [2.05, 4.69) is 29.2 Å². The summed E-state index contributed by atoms with van der Waals surface area (Å²) in [6.45, 7) is 2.05. The van der Waals surface area contributed by atoms with Crippen LogP contribution < -0.4 is 5.73 Å². The largest absolute Gasteiger partial charge is 0.369 e. The molecule has 1 amide bonds. The molecule has 0 saturated heterocycles. The molecule has 0 bridgehead atoms. The Kier molecular flexibility index (Phi) is 4.92. The Labute approximate surface area is 149 Å². The minimum atomic E-state index is -0.377. The van der Waals surface area contributed by atoms with Gasteiger partial charge in [-0.3, -0.25) is 9.36 Å². The Hall–Kier alpha value is -2.24. The molecule has 0 aliphatic heterocycles. The van der Waals surface area contributed by atoms with Crippen molar-refractivity contribution in [1.29, 1.82) is 0 Å². The fourth-order valence-electron chi connectivity index (χ4n) is 2.37. The molecule has 2 aromatic carbocycles. The second-order valence-electron chi connectivity index (χ2n) is 5.36. The molecule has 0 fully saturated rings. The number of rotatable bonds is 5. The second kappa shape index (κ2) is 7.11. The predicted octanol–water partition coefficient (Wildman–Crippen LogP) is 4.08. The lowest BCUT2D eigenvalue weighted by atomic mass is 10.1. The van der Waals surface area contributed by atoms with E-state index in [1.54, 1.807) is 6.20 Å². The Morgan fingerprint density at radius 3 is 2.67 bits per heavy atom. The summed E-state index contributed by atoms with van der Waals surface area (Å²) in [5, 5.41) is 1.34. The third kappa shape index (κ3) is 3.63. The Morgan fingerprint density at radius 1 is 1.25 bits per heavy atom. The molecule has 6 heteroatoms. The molecule has 1 aromatic heterocycles. The lowest BCUT2D eigenvalue weighted by molar-refractivity contribution is -0.115. The molecular formula is C18H16ClN3OS. The van der Waals surface area contributed by atoms with Crippen molar-refractivity contribution in [2.24, 2.45) is 5.73 Å². The summed E-state index contributed by atoms with van der Waals surface area (Å²) in [6.07, 6.45) is 1.80. The van der Waals surface area contributed by atoms with Crippen molar-refractivity contribution in [3.05, 3.63) is 65.3 Å². The molecule has 3 aromatic rings. The molecule has 0 aliphatic carbocycles. The number of imidazole rings is 1. The van der Waals surface area contributed by atoms with Gasteiger partial charge < -0.3 is 5.73 Å². The number of carbonyl (C=O) groups is 1. The molecule has 0 atom stereocenters. The maximum Gasteiger partial charge on any atom is 0.227 e. The van der Waals surface area contributed by atoms with Crippen LogP contribution in [0.5, 0.6) is 0 Å². The van der Waals surface area contributed by atoms with E-state index in [4.69, 9.17) is 17.3 Å². The van der Waals surface area contributed by atoms with Crippen LogP contribution in [0.4, 0.5) is 0 Å². The first kappa shape index (κ1) is 16.6. The average molecular weight is 358 g/mol. The third-order valence-electron chi connectivity index (χ3n) is 3.49. The number of hydrogen-bond donors (Lipinski definition) is 1. The van der Waals surface area contributed by atoms with Crippen LogP contribution in [0, 0.1) is 6.92 Å². The molecule has 4 nitrogen and oxygen atoms in total. The van der Waals surface area contributed by atoms with Crippen LogP contribution in [0.1, 0.15) is 5.56 Å². The zero-order valence-corrected chi connectivity index (χ0v) is 14.6. The van der Waals surface area contributed by atoms with E-state index in [0.717, 1.165) is 16.9 Å². The van der Waals surface area contributed by atoms with Gasteiger partial charge in [-0.15, -0.1) is 0 Å². The van der Waals surface area contributed by atoms with Gasteiger partial charge in [0.15, 0.2) is 5.16 Å². The summed E-state index contributed by atoms with van der Waals surface area (Å²) < 4.78 is 1.99. The number of carbonyl (C=O) groups excluding carboxylic acids is 1.